The Morgan fingerprint density at radius 3 is 2.32 bits per heavy atom. The zero-order chi connectivity index (χ0) is 15.8. The van der Waals surface area contributed by atoms with E-state index in [1.165, 1.54) is 7.11 Å². The number of amides is 1. The molecule has 22 heavy (non-hydrogen) atoms. The van der Waals surface area contributed by atoms with Gasteiger partial charge in [0, 0.05) is 7.05 Å². The van der Waals surface area contributed by atoms with Crippen LogP contribution < -0.4 is 9.47 Å². The van der Waals surface area contributed by atoms with Crippen molar-refractivity contribution < 1.29 is 19.1 Å². The van der Waals surface area contributed by atoms with Gasteiger partial charge in [-0.05, 0) is 24.3 Å². The molecule has 0 bridgehead atoms. The monoisotopic (exact) mass is 301 g/mol. The van der Waals surface area contributed by atoms with Gasteiger partial charge in [-0.25, -0.2) is 5.06 Å². The number of carbonyl (C=O) groups is 1. The molecular formula is C17H19NO4. The van der Waals surface area contributed by atoms with E-state index in [1.807, 2.05) is 36.4 Å². The van der Waals surface area contributed by atoms with Crippen molar-refractivity contribution in [2.45, 2.75) is 0 Å². The Kier molecular flexibility index (Phi) is 5.80. The summed E-state index contributed by atoms with van der Waals surface area (Å²) in [5.41, 5.74) is 0.451. The normalized spacial score (nSPS) is 10.1. The minimum atomic E-state index is -0.262. The van der Waals surface area contributed by atoms with Gasteiger partial charge in [0.2, 0.25) is 0 Å². The molecule has 1 amide bonds. The number of ether oxygens (including phenoxy) is 2. The largest absolute Gasteiger partial charge is 0.490 e. The highest BCUT2D eigenvalue weighted by Gasteiger charge is 2.16. The highest BCUT2D eigenvalue weighted by Crippen LogP contribution is 2.19. The maximum absolute atomic E-state index is 12.1. The summed E-state index contributed by atoms with van der Waals surface area (Å²) >= 11 is 0. The van der Waals surface area contributed by atoms with Crippen LogP contribution in [0.25, 0.3) is 0 Å². The van der Waals surface area contributed by atoms with Crippen LogP contribution >= 0.6 is 0 Å². The molecule has 2 aromatic carbocycles. The summed E-state index contributed by atoms with van der Waals surface area (Å²) in [6.45, 7) is 0.739. The third-order valence-corrected chi connectivity index (χ3v) is 3.03. The van der Waals surface area contributed by atoms with Crippen molar-refractivity contribution in [3.63, 3.8) is 0 Å². The standard InChI is InChI=1S/C17H19NO4/c1-18(20-2)17(19)15-10-6-7-11-16(15)22-13-12-21-14-8-4-3-5-9-14/h3-11H,12-13H2,1-2H3. The minimum absolute atomic E-state index is 0.262. The first-order valence-corrected chi connectivity index (χ1v) is 6.94. The van der Waals surface area contributed by atoms with Crippen LogP contribution in [-0.4, -0.2) is 38.3 Å². The number of rotatable bonds is 7. The van der Waals surface area contributed by atoms with Gasteiger partial charge in [0.1, 0.15) is 24.7 Å². The second-order valence-electron chi connectivity index (χ2n) is 4.49. The molecule has 2 aromatic rings. The summed E-state index contributed by atoms with van der Waals surface area (Å²) in [4.78, 5) is 17.0. The quantitative estimate of drug-likeness (QED) is 0.583. The molecule has 0 saturated heterocycles. The Morgan fingerprint density at radius 2 is 1.59 bits per heavy atom. The summed E-state index contributed by atoms with van der Waals surface area (Å²) in [5, 5.41) is 1.16. The molecule has 0 aliphatic rings. The van der Waals surface area contributed by atoms with E-state index in [1.54, 1.807) is 25.2 Å². The maximum atomic E-state index is 12.1. The molecule has 0 unspecified atom stereocenters. The van der Waals surface area contributed by atoms with Gasteiger partial charge in [-0.1, -0.05) is 30.3 Å². The summed E-state index contributed by atoms with van der Waals surface area (Å²) in [6.07, 6.45) is 0. The predicted molar refractivity (Wildman–Crippen MR) is 83.0 cm³/mol. The number of nitrogens with zero attached hydrogens (tertiary/aromatic N) is 1. The number of para-hydroxylation sites is 2. The summed E-state index contributed by atoms with van der Waals surface area (Å²) in [6, 6.07) is 16.6. The van der Waals surface area contributed by atoms with Gasteiger partial charge < -0.3 is 9.47 Å². The lowest BCUT2D eigenvalue weighted by atomic mass is 10.2. The molecule has 0 aromatic heterocycles. The fourth-order valence-electron chi connectivity index (χ4n) is 1.85. The summed E-state index contributed by atoms with van der Waals surface area (Å²) in [7, 11) is 2.99. The van der Waals surface area contributed by atoms with Crippen LogP contribution in [0.3, 0.4) is 0 Å². The number of benzene rings is 2. The van der Waals surface area contributed by atoms with E-state index in [-0.39, 0.29) is 5.91 Å². The van der Waals surface area contributed by atoms with E-state index >= 15 is 0 Å². The number of hydroxylamine groups is 2. The Morgan fingerprint density at radius 1 is 0.955 bits per heavy atom. The van der Waals surface area contributed by atoms with Gasteiger partial charge in [-0.15, -0.1) is 0 Å². The molecule has 0 fully saturated rings. The van der Waals surface area contributed by atoms with Crippen LogP contribution in [-0.2, 0) is 4.84 Å². The van der Waals surface area contributed by atoms with Crippen molar-refractivity contribution >= 4 is 5.91 Å². The number of carbonyl (C=O) groups excluding carboxylic acids is 1. The molecule has 0 saturated carbocycles. The molecule has 0 radical (unpaired) electrons. The van der Waals surface area contributed by atoms with Gasteiger partial charge in [0.15, 0.2) is 0 Å². The van der Waals surface area contributed by atoms with E-state index in [4.69, 9.17) is 14.3 Å². The van der Waals surface area contributed by atoms with E-state index in [0.29, 0.717) is 24.5 Å². The fourth-order valence-corrected chi connectivity index (χ4v) is 1.85. The van der Waals surface area contributed by atoms with Crippen molar-refractivity contribution in [1.82, 2.24) is 5.06 Å². The first kappa shape index (κ1) is 15.9. The minimum Gasteiger partial charge on any atom is -0.490 e. The highest BCUT2D eigenvalue weighted by molar-refractivity contribution is 5.96. The van der Waals surface area contributed by atoms with Crippen molar-refractivity contribution in [3.05, 3.63) is 60.2 Å². The molecule has 0 aliphatic heterocycles. The highest BCUT2D eigenvalue weighted by atomic mass is 16.7. The van der Waals surface area contributed by atoms with Crippen molar-refractivity contribution in [2.75, 3.05) is 27.4 Å². The average Bonchev–Trinajstić information content (AvgIpc) is 2.58. The fraction of sp³-hybridized carbons (Fsp3) is 0.235. The van der Waals surface area contributed by atoms with Crippen LogP contribution in [0.5, 0.6) is 11.5 Å². The van der Waals surface area contributed by atoms with E-state index in [0.717, 1.165) is 10.8 Å². The Labute approximate surface area is 130 Å². The molecule has 116 valence electrons. The van der Waals surface area contributed by atoms with Crippen LogP contribution in [0.1, 0.15) is 10.4 Å². The lowest BCUT2D eigenvalue weighted by Crippen LogP contribution is -2.26. The zero-order valence-corrected chi connectivity index (χ0v) is 12.7. The Balaban J connectivity index is 1.91. The molecule has 0 aliphatic carbocycles. The molecule has 5 heteroatoms. The van der Waals surface area contributed by atoms with Crippen LogP contribution in [0, 0.1) is 0 Å². The lowest BCUT2D eigenvalue weighted by molar-refractivity contribution is -0.0758. The molecule has 0 atom stereocenters. The van der Waals surface area contributed by atoms with Crippen LogP contribution in [0.2, 0.25) is 0 Å². The lowest BCUT2D eigenvalue weighted by Gasteiger charge is -2.16. The maximum Gasteiger partial charge on any atom is 0.280 e. The molecule has 2 rings (SSSR count). The Hall–Kier alpha value is -2.53. The van der Waals surface area contributed by atoms with E-state index in [9.17, 15) is 4.79 Å². The van der Waals surface area contributed by atoms with E-state index < -0.39 is 0 Å². The summed E-state index contributed by atoms with van der Waals surface area (Å²) < 4.78 is 11.2. The van der Waals surface area contributed by atoms with Crippen molar-refractivity contribution in [2.24, 2.45) is 0 Å². The second kappa shape index (κ2) is 8.05. The zero-order valence-electron chi connectivity index (χ0n) is 12.7. The first-order valence-electron chi connectivity index (χ1n) is 6.94. The summed E-state index contributed by atoms with van der Waals surface area (Å²) in [5.74, 6) is 1.03. The van der Waals surface area contributed by atoms with Crippen LogP contribution in [0.15, 0.2) is 54.6 Å². The van der Waals surface area contributed by atoms with Crippen molar-refractivity contribution in [1.29, 1.82) is 0 Å². The smallest absolute Gasteiger partial charge is 0.280 e. The second-order valence-corrected chi connectivity index (χ2v) is 4.49. The van der Waals surface area contributed by atoms with E-state index in [2.05, 4.69) is 0 Å². The predicted octanol–water partition coefficient (Wildman–Crippen LogP) is 2.78. The molecule has 0 N–H and O–H groups in total. The molecule has 0 heterocycles. The molecule has 0 spiro atoms. The van der Waals surface area contributed by atoms with Gasteiger partial charge >= 0.3 is 0 Å². The number of hydrogen-bond acceptors (Lipinski definition) is 4. The molecule has 5 nitrogen and oxygen atoms in total. The average molecular weight is 301 g/mol. The SMILES string of the molecule is CON(C)C(=O)c1ccccc1OCCOc1ccccc1. The van der Waals surface area contributed by atoms with Gasteiger partial charge in [0.05, 0.1) is 12.7 Å². The topological polar surface area (TPSA) is 48.0 Å². The Bertz CT molecular complexity index is 601. The third kappa shape index (κ3) is 4.23. The third-order valence-electron chi connectivity index (χ3n) is 3.03. The van der Waals surface area contributed by atoms with Gasteiger partial charge in [-0.3, -0.25) is 9.63 Å². The first-order chi connectivity index (χ1) is 10.7. The van der Waals surface area contributed by atoms with Crippen LogP contribution in [0.4, 0.5) is 0 Å². The number of hydrogen-bond donors (Lipinski definition) is 0. The van der Waals surface area contributed by atoms with Gasteiger partial charge in [-0.2, -0.15) is 0 Å². The van der Waals surface area contributed by atoms with Gasteiger partial charge in [0.25, 0.3) is 5.91 Å². The molecular weight excluding hydrogens is 282 g/mol. The van der Waals surface area contributed by atoms with Crippen molar-refractivity contribution in [3.8, 4) is 11.5 Å².